The Kier molecular flexibility index (Phi) is 5.43. The largest absolute Gasteiger partial charge is 0.508 e. The van der Waals surface area contributed by atoms with Gasteiger partial charge in [0.25, 0.3) is 0 Å². The van der Waals surface area contributed by atoms with Gasteiger partial charge in [0.2, 0.25) is 0 Å². The fourth-order valence-electron chi connectivity index (χ4n) is 1.67. The van der Waals surface area contributed by atoms with Crippen LogP contribution in [0.25, 0.3) is 11.1 Å². The van der Waals surface area contributed by atoms with Crippen molar-refractivity contribution in [1.29, 1.82) is 0 Å². The molecule has 2 N–H and O–H groups in total. The number of aryl methyl sites for hydroxylation is 2. The second-order valence-corrected chi connectivity index (χ2v) is 4.71. The molecule has 2 heteroatoms. The minimum Gasteiger partial charge on any atom is -0.508 e. The minimum atomic E-state index is 0.305. The lowest BCUT2D eigenvalue weighted by Gasteiger charge is -2.06. The van der Waals surface area contributed by atoms with E-state index in [0.29, 0.717) is 11.5 Å². The molecule has 0 aromatic heterocycles. The molecule has 2 aromatic rings. The Morgan fingerprint density at radius 2 is 1.05 bits per heavy atom. The van der Waals surface area contributed by atoms with Gasteiger partial charge in [-0.25, -0.2) is 0 Å². The first-order valence-corrected chi connectivity index (χ1v) is 6.59. The Morgan fingerprint density at radius 3 is 1.32 bits per heavy atom. The highest BCUT2D eigenvalue weighted by atomic mass is 16.3. The average molecular weight is 258 g/mol. The van der Waals surface area contributed by atoms with Crippen LogP contribution in [0.15, 0.2) is 36.4 Å². The molecule has 2 rings (SSSR count). The SMILES string of the molecule is CCC.Cc1cc(-c2ccc(O)c(C)c2)ccc1O. The molecule has 0 aliphatic rings. The van der Waals surface area contributed by atoms with Gasteiger partial charge in [0.05, 0.1) is 0 Å². The summed E-state index contributed by atoms with van der Waals surface area (Å²) >= 11 is 0. The lowest BCUT2D eigenvalue weighted by molar-refractivity contribution is 0.470. The maximum atomic E-state index is 9.45. The van der Waals surface area contributed by atoms with Gasteiger partial charge in [-0.2, -0.15) is 0 Å². The van der Waals surface area contributed by atoms with Crippen molar-refractivity contribution in [3.05, 3.63) is 47.5 Å². The molecule has 0 bridgehead atoms. The molecule has 0 atom stereocenters. The van der Waals surface area contributed by atoms with Gasteiger partial charge in [-0.3, -0.25) is 0 Å². The lowest BCUT2D eigenvalue weighted by atomic mass is 10.0. The third kappa shape index (κ3) is 4.02. The van der Waals surface area contributed by atoms with Crippen LogP contribution in [-0.2, 0) is 0 Å². The molecular formula is C17H22O2. The summed E-state index contributed by atoms with van der Waals surface area (Å²) in [5.74, 6) is 0.610. The maximum Gasteiger partial charge on any atom is 0.118 e. The summed E-state index contributed by atoms with van der Waals surface area (Å²) in [5.41, 5.74) is 3.78. The standard InChI is InChI=1S/C14H14O2.C3H8/c1-9-7-11(3-5-13(9)15)12-4-6-14(16)10(2)8-12;1-3-2/h3-8,15-16H,1-2H3;3H2,1-2H3. The molecule has 0 fully saturated rings. The molecule has 0 spiro atoms. The van der Waals surface area contributed by atoms with E-state index in [4.69, 9.17) is 0 Å². The Labute approximate surface area is 115 Å². The van der Waals surface area contributed by atoms with Crippen LogP contribution in [0.5, 0.6) is 11.5 Å². The third-order valence-corrected chi connectivity index (χ3v) is 2.73. The summed E-state index contributed by atoms with van der Waals surface area (Å²) < 4.78 is 0. The van der Waals surface area contributed by atoms with Crippen molar-refractivity contribution in [3.8, 4) is 22.6 Å². The summed E-state index contributed by atoms with van der Waals surface area (Å²) in [6.45, 7) is 7.98. The van der Waals surface area contributed by atoms with Crippen LogP contribution in [0.4, 0.5) is 0 Å². The van der Waals surface area contributed by atoms with Crippen LogP contribution in [0.2, 0.25) is 0 Å². The van der Waals surface area contributed by atoms with E-state index >= 15 is 0 Å². The fraction of sp³-hybridized carbons (Fsp3) is 0.294. The maximum absolute atomic E-state index is 9.45. The van der Waals surface area contributed by atoms with E-state index in [0.717, 1.165) is 22.3 Å². The molecule has 0 radical (unpaired) electrons. The zero-order valence-corrected chi connectivity index (χ0v) is 12.1. The molecule has 0 amide bonds. The zero-order chi connectivity index (χ0) is 14.4. The summed E-state index contributed by atoms with van der Waals surface area (Å²) in [6.07, 6.45) is 1.25. The van der Waals surface area contributed by atoms with Crippen LogP contribution in [0.1, 0.15) is 31.4 Å². The normalized spacial score (nSPS) is 9.68. The Morgan fingerprint density at radius 1 is 0.737 bits per heavy atom. The molecule has 102 valence electrons. The first-order chi connectivity index (χ1) is 8.99. The Bertz CT molecular complexity index is 495. The van der Waals surface area contributed by atoms with Gasteiger partial charge in [-0.1, -0.05) is 32.4 Å². The van der Waals surface area contributed by atoms with Gasteiger partial charge in [-0.15, -0.1) is 0 Å². The molecule has 0 saturated carbocycles. The van der Waals surface area contributed by atoms with Crippen molar-refractivity contribution in [2.45, 2.75) is 34.1 Å². The highest BCUT2D eigenvalue weighted by Crippen LogP contribution is 2.28. The second-order valence-electron chi connectivity index (χ2n) is 4.71. The molecule has 19 heavy (non-hydrogen) atoms. The number of hydrogen-bond donors (Lipinski definition) is 2. The first-order valence-electron chi connectivity index (χ1n) is 6.59. The van der Waals surface area contributed by atoms with Crippen molar-refractivity contribution in [2.75, 3.05) is 0 Å². The van der Waals surface area contributed by atoms with Crippen LogP contribution in [0.3, 0.4) is 0 Å². The Balaban J connectivity index is 0.000000550. The fourth-order valence-corrected chi connectivity index (χ4v) is 1.67. The van der Waals surface area contributed by atoms with E-state index in [-0.39, 0.29) is 0 Å². The van der Waals surface area contributed by atoms with Crippen molar-refractivity contribution >= 4 is 0 Å². The van der Waals surface area contributed by atoms with Gasteiger partial charge < -0.3 is 10.2 Å². The van der Waals surface area contributed by atoms with Crippen LogP contribution in [0, 0.1) is 13.8 Å². The van der Waals surface area contributed by atoms with Gasteiger partial charge in [0.15, 0.2) is 0 Å². The number of benzene rings is 2. The quantitative estimate of drug-likeness (QED) is 0.771. The van der Waals surface area contributed by atoms with Crippen molar-refractivity contribution in [1.82, 2.24) is 0 Å². The molecule has 2 aromatic carbocycles. The lowest BCUT2D eigenvalue weighted by Crippen LogP contribution is -1.82. The van der Waals surface area contributed by atoms with E-state index in [1.54, 1.807) is 12.1 Å². The molecular weight excluding hydrogens is 236 g/mol. The molecule has 0 heterocycles. The first kappa shape index (κ1) is 15.1. The van der Waals surface area contributed by atoms with Crippen molar-refractivity contribution in [2.24, 2.45) is 0 Å². The summed E-state index contributed by atoms with van der Waals surface area (Å²) in [6, 6.07) is 11.0. The third-order valence-electron chi connectivity index (χ3n) is 2.73. The van der Waals surface area contributed by atoms with Crippen LogP contribution in [-0.4, -0.2) is 10.2 Å². The predicted octanol–water partition coefficient (Wildman–Crippen LogP) is 4.80. The highest BCUT2D eigenvalue weighted by Gasteiger charge is 2.03. The van der Waals surface area contributed by atoms with E-state index in [2.05, 4.69) is 13.8 Å². The Hall–Kier alpha value is -1.96. The number of hydrogen-bond acceptors (Lipinski definition) is 2. The van der Waals surface area contributed by atoms with Gasteiger partial charge in [0.1, 0.15) is 11.5 Å². The zero-order valence-electron chi connectivity index (χ0n) is 12.1. The monoisotopic (exact) mass is 258 g/mol. The number of aromatic hydroxyl groups is 2. The van der Waals surface area contributed by atoms with Crippen LogP contribution >= 0.6 is 0 Å². The summed E-state index contributed by atoms with van der Waals surface area (Å²) in [7, 11) is 0. The van der Waals surface area contributed by atoms with E-state index in [1.165, 1.54) is 6.42 Å². The van der Waals surface area contributed by atoms with Crippen molar-refractivity contribution < 1.29 is 10.2 Å². The molecule has 0 aliphatic heterocycles. The average Bonchev–Trinajstić information content (AvgIpc) is 2.37. The molecule has 0 unspecified atom stereocenters. The van der Waals surface area contributed by atoms with E-state index in [9.17, 15) is 10.2 Å². The van der Waals surface area contributed by atoms with Gasteiger partial charge in [0, 0.05) is 0 Å². The minimum absolute atomic E-state index is 0.305. The van der Waals surface area contributed by atoms with Gasteiger partial charge in [-0.05, 0) is 60.4 Å². The molecule has 2 nitrogen and oxygen atoms in total. The van der Waals surface area contributed by atoms with E-state index in [1.807, 2.05) is 38.1 Å². The van der Waals surface area contributed by atoms with Crippen molar-refractivity contribution in [3.63, 3.8) is 0 Å². The summed E-state index contributed by atoms with van der Waals surface area (Å²) in [4.78, 5) is 0. The van der Waals surface area contributed by atoms with Crippen LogP contribution < -0.4 is 0 Å². The van der Waals surface area contributed by atoms with E-state index < -0.39 is 0 Å². The number of phenols is 2. The summed E-state index contributed by atoms with van der Waals surface area (Å²) in [5, 5.41) is 18.9. The highest BCUT2D eigenvalue weighted by molar-refractivity contribution is 5.67. The second kappa shape index (κ2) is 6.83. The van der Waals surface area contributed by atoms with Gasteiger partial charge >= 0.3 is 0 Å². The topological polar surface area (TPSA) is 40.5 Å². The predicted molar refractivity (Wildman–Crippen MR) is 80.6 cm³/mol. The smallest absolute Gasteiger partial charge is 0.118 e. The number of phenolic OH excluding ortho intramolecular Hbond substituents is 2. The number of rotatable bonds is 1. The molecule has 0 saturated heterocycles. The molecule has 0 aliphatic carbocycles.